The molecule has 0 radical (unpaired) electrons. The number of carbonyl (C=O) groups excluding carboxylic acids is 1. The Bertz CT molecular complexity index is 509. The molecule has 1 fully saturated rings. The van der Waals surface area contributed by atoms with Gasteiger partial charge in [0.15, 0.2) is 11.0 Å². The van der Waals surface area contributed by atoms with Crippen molar-refractivity contribution in [1.82, 2.24) is 15.3 Å². The first-order valence-corrected chi connectivity index (χ1v) is 7.05. The number of aromatic nitrogens is 2. The molecule has 2 rings (SSSR count). The molecular weight excluding hydrogens is 280 g/mol. The van der Waals surface area contributed by atoms with Gasteiger partial charge >= 0.3 is 0 Å². The Morgan fingerprint density at radius 1 is 1.45 bits per heavy atom. The maximum atomic E-state index is 12.1. The van der Waals surface area contributed by atoms with Crippen LogP contribution in [0.3, 0.4) is 0 Å². The highest BCUT2D eigenvalue weighted by Gasteiger charge is 2.31. The van der Waals surface area contributed by atoms with E-state index < -0.39 is 6.04 Å². The number of hydrogen-bond acceptors (Lipinski definition) is 5. The van der Waals surface area contributed by atoms with E-state index in [9.17, 15) is 4.79 Å². The van der Waals surface area contributed by atoms with E-state index in [0.717, 1.165) is 11.4 Å². The van der Waals surface area contributed by atoms with Gasteiger partial charge in [0.2, 0.25) is 5.91 Å². The number of halogens is 1. The van der Waals surface area contributed by atoms with E-state index in [4.69, 9.17) is 16.3 Å². The second-order valence-corrected chi connectivity index (χ2v) is 5.05. The van der Waals surface area contributed by atoms with Crippen molar-refractivity contribution in [3.63, 3.8) is 0 Å². The molecule has 1 saturated heterocycles. The quantitative estimate of drug-likeness (QED) is 0.905. The van der Waals surface area contributed by atoms with Gasteiger partial charge in [-0.15, -0.1) is 0 Å². The minimum Gasteiger partial charge on any atom is -0.377 e. The molecule has 0 aromatic carbocycles. The Balaban J connectivity index is 2.32. The fraction of sp³-hybridized carbons (Fsp3) is 0.615. The van der Waals surface area contributed by atoms with E-state index in [0.29, 0.717) is 37.3 Å². The molecule has 1 N–H and O–H groups in total. The van der Waals surface area contributed by atoms with Crippen molar-refractivity contribution in [1.29, 1.82) is 0 Å². The maximum Gasteiger partial charge on any atom is 0.245 e. The average molecular weight is 299 g/mol. The molecule has 0 bridgehead atoms. The number of likely N-dealkylation sites (N-methyl/N-ethyl adjacent to an activating group) is 1. The van der Waals surface area contributed by atoms with E-state index in [1.165, 1.54) is 0 Å². The van der Waals surface area contributed by atoms with Crippen LogP contribution >= 0.6 is 11.6 Å². The minimum absolute atomic E-state index is 0.0803. The molecule has 1 aliphatic heterocycles. The molecule has 1 aromatic heterocycles. The second kappa shape index (κ2) is 6.37. The zero-order chi connectivity index (χ0) is 14.7. The molecule has 1 aromatic rings. The number of rotatable bonds is 3. The van der Waals surface area contributed by atoms with Gasteiger partial charge in [0.1, 0.15) is 6.04 Å². The SMILES string of the molecule is CCNC(=O)C1COCCN1c1nc(C)c(C)nc1Cl. The molecule has 1 aliphatic rings. The topological polar surface area (TPSA) is 67.3 Å². The van der Waals surface area contributed by atoms with Crippen LogP contribution in [0.4, 0.5) is 5.82 Å². The van der Waals surface area contributed by atoms with Gasteiger partial charge in [-0.1, -0.05) is 11.6 Å². The lowest BCUT2D eigenvalue weighted by atomic mass is 10.2. The third-order valence-corrected chi connectivity index (χ3v) is 3.56. The highest BCUT2D eigenvalue weighted by molar-refractivity contribution is 6.31. The molecule has 1 atom stereocenters. The van der Waals surface area contributed by atoms with Crippen LogP contribution in [-0.2, 0) is 9.53 Å². The lowest BCUT2D eigenvalue weighted by Gasteiger charge is -2.35. The molecule has 20 heavy (non-hydrogen) atoms. The number of anilines is 1. The number of amides is 1. The zero-order valence-electron chi connectivity index (χ0n) is 11.9. The Hall–Kier alpha value is -1.40. The predicted octanol–water partition coefficient (Wildman–Crippen LogP) is 1.09. The lowest BCUT2D eigenvalue weighted by molar-refractivity contribution is -0.124. The Labute approximate surface area is 123 Å². The fourth-order valence-corrected chi connectivity index (χ4v) is 2.39. The number of morpholine rings is 1. The highest BCUT2D eigenvalue weighted by atomic mass is 35.5. The highest BCUT2D eigenvalue weighted by Crippen LogP contribution is 2.26. The van der Waals surface area contributed by atoms with Gasteiger partial charge in [0.05, 0.1) is 24.6 Å². The maximum absolute atomic E-state index is 12.1. The molecule has 1 amide bonds. The number of carbonyl (C=O) groups is 1. The molecule has 110 valence electrons. The molecule has 2 heterocycles. The van der Waals surface area contributed by atoms with Crippen LogP contribution in [0.5, 0.6) is 0 Å². The van der Waals surface area contributed by atoms with Crippen molar-refractivity contribution in [2.75, 3.05) is 31.2 Å². The monoisotopic (exact) mass is 298 g/mol. The van der Waals surface area contributed by atoms with Crippen LogP contribution in [-0.4, -0.2) is 48.2 Å². The summed E-state index contributed by atoms with van der Waals surface area (Å²) in [6, 6.07) is -0.419. The fourth-order valence-electron chi connectivity index (χ4n) is 2.11. The summed E-state index contributed by atoms with van der Waals surface area (Å²) in [6.07, 6.45) is 0. The van der Waals surface area contributed by atoms with E-state index in [-0.39, 0.29) is 5.91 Å². The number of ether oxygens (including phenoxy) is 1. The van der Waals surface area contributed by atoms with E-state index in [2.05, 4.69) is 15.3 Å². The summed E-state index contributed by atoms with van der Waals surface area (Å²) < 4.78 is 5.40. The summed E-state index contributed by atoms with van der Waals surface area (Å²) in [5, 5.41) is 3.13. The van der Waals surface area contributed by atoms with Crippen LogP contribution in [0, 0.1) is 13.8 Å². The molecule has 6 nitrogen and oxygen atoms in total. The van der Waals surface area contributed by atoms with Crippen molar-refractivity contribution in [2.24, 2.45) is 0 Å². The number of aryl methyl sites for hydroxylation is 2. The van der Waals surface area contributed by atoms with Crippen molar-refractivity contribution < 1.29 is 9.53 Å². The lowest BCUT2D eigenvalue weighted by Crippen LogP contribution is -2.54. The van der Waals surface area contributed by atoms with Crippen LogP contribution in [0.2, 0.25) is 5.15 Å². The largest absolute Gasteiger partial charge is 0.377 e. The molecule has 0 spiro atoms. The smallest absolute Gasteiger partial charge is 0.245 e. The summed E-state index contributed by atoms with van der Waals surface area (Å²) in [5.74, 6) is 0.470. The third kappa shape index (κ3) is 3.02. The van der Waals surface area contributed by atoms with E-state index in [1.807, 2.05) is 25.7 Å². The standard InChI is InChI=1S/C13H19ClN4O2/c1-4-15-13(19)10-7-20-6-5-18(10)12-11(14)16-8(2)9(3)17-12/h10H,4-7H2,1-3H3,(H,15,19). The van der Waals surface area contributed by atoms with Crippen molar-refractivity contribution in [2.45, 2.75) is 26.8 Å². The van der Waals surface area contributed by atoms with Crippen LogP contribution in [0.15, 0.2) is 0 Å². The van der Waals surface area contributed by atoms with Gasteiger partial charge in [-0.05, 0) is 20.8 Å². The van der Waals surface area contributed by atoms with Crippen molar-refractivity contribution in [3.05, 3.63) is 16.5 Å². The van der Waals surface area contributed by atoms with Crippen LogP contribution in [0.25, 0.3) is 0 Å². The Morgan fingerprint density at radius 3 is 2.85 bits per heavy atom. The summed E-state index contributed by atoms with van der Waals surface area (Å²) in [6.45, 7) is 7.64. The second-order valence-electron chi connectivity index (χ2n) is 4.69. The molecular formula is C13H19ClN4O2. The van der Waals surface area contributed by atoms with Gasteiger partial charge in [0, 0.05) is 13.1 Å². The summed E-state index contributed by atoms with van der Waals surface area (Å²) in [5.41, 5.74) is 1.60. The van der Waals surface area contributed by atoms with E-state index >= 15 is 0 Å². The number of hydrogen-bond donors (Lipinski definition) is 1. The third-order valence-electron chi connectivity index (χ3n) is 3.30. The van der Waals surface area contributed by atoms with Crippen molar-refractivity contribution >= 4 is 23.3 Å². The van der Waals surface area contributed by atoms with Gasteiger partial charge in [-0.25, -0.2) is 9.97 Å². The molecule has 0 aliphatic carbocycles. The summed E-state index contributed by atoms with van der Waals surface area (Å²) >= 11 is 6.19. The first kappa shape index (κ1) is 15.0. The van der Waals surface area contributed by atoms with E-state index in [1.54, 1.807) is 0 Å². The Kier molecular flexibility index (Phi) is 4.77. The van der Waals surface area contributed by atoms with Crippen LogP contribution in [0.1, 0.15) is 18.3 Å². The van der Waals surface area contributed by atoms with Gasteiger partial charge in [-0.2, -0.15) is 0 Å². The van der Waals surface area contributed by atoms with Crippen molar-refractivity contribution in [3.8, 4) is 0 Å². The van der Waals surface area contributed by atoms with Gasteiger partial charge in [0.25, 0.3) is 0 Å². The minimum atomic E-state index is -0.419. The van der Waals surface area contributed by atoms with Crippen LogP contribution < -0.4 is 10.2 Å². The zero-order valence-corrected chi connectivity index (χ0v) is 12.7. The Morgan fingerprint density at radius 2 is 2.15 bits per heavy atom. The first-order valence-electron chi connectivity index (χ1n) is 6.67. The molecule has 1 unspecified atom stereocenters. The molecule has 0 saturated carbocycles. The first-order chi connectivity index (χ1) is 9.54. The summed E-state index contributed by atoms with van der Waals surface area (Å²) in [4.78, 5) is 22.8. The molecule has 7 heteroatoms. The van der Waals surface area contributed by atoms with Gasteiger partial charge in [-0.3, -0.25) is 4.79 Å². The summed E-state index contributed by atoms with van der Waals surface area (Å²) in [7, 11) is 0. The predicted molar refractivity (Wildman–Crippen MR) is 77.2 cm³/mol. The number of nitrogens with zero attached hydrogens (tertiary/aromatic N) is 3. The number of nitrogens with one attached hydrogen (secondary N) is 1. The van der Waals surface area contributed by atoms with Gasteiger partial charge < -0.3 is 15.0 Å². The normalized spacial score (nSPS) is 19.0. The average Bonchev–Trinajstić information content (AvgIpc) is 2.43.